The van der Waals surface area contributed by atoms with Crippen molar-refractivity contribution in [3.05, 3.63) is 0 Å². The van der Waals surface area contributed by atoms with Crippen LogP contribution in [0.2, 0.25) is 0 Å². The van der Waals surface area contributed by atoms with Crippen molar-refractivity contribution in [1.82, 2.24) is 0 Å². The van der Waals surface area contributed by atoms with E-state index in [9.17, 15) is 13.2 Å². The highest BCUT2D eigenvalue weighted by Gasteiger charge is 2.11. The fraction of sp³-hybridized carbons (Fsp3) is 0.667. The summed E-state index contributed by atoms with van der Waals surface area (Å²) in [6, 6.07) is 0. The van der Waals surface area contributed by atoms with Gasteiger partial charge >= 0.3 is 0 Å². The molecule has 0 aromatic heterocycles. The molecule has 0 rings (SSSR count). The van der Waals surface area contributed by atoms with Crippen molar-refractivity contribution in [3.63, 3.8) is 0 Å². The molecule has 0 aliphatic carbocycles. The smallest absolute Gasteiger partial charge is 0.282 e. The number of hydrogen-bond acceptors (Lipinski definition) is 2. The molecule has 0 aromatic carbocycles. The van der Waals surface area contributed by atoms with Crippen molar-refractivity contribution in [2.45, 2.75) is 6.43 Å². The zero-order chi connectivity index (χ0) is 6.57. The topological polar surface area (TPSA) is 32.6 Å². The molecule has 8 heavy (non-hydrogen) atoms. The van der Waals surface area contributed by atoms with Gasteiger partial charge in [-0.15, -0.1) is 0 Å². The number of alkyl halides is 3. The van der Waals surface area contributed by atoms with Crippen molar-refractivity contribution in [1.29, 1.82) is 0 Å². The molecule has 1 N–H and O–H groups in total. The van der Waals surface area contributed by atoms with Gasteiger partial charge in [-0.05, 0) is 0 Å². The molecule has 0 fully saturated rings. The predicted molar refractivity (Wildman–Crippen MR) is 21.2 cm³/mol. The third-order valence-corrected chi connectivity index (χ3v) is 0.517. The first kappa shape index (κ1) is 7.26. The molecule has 0 unspecified atom stereocenters. The Hall–Kier alpha value is -0.740. The van der Waals surface area contributed by atoms with Gasteiger partial charge in [0, 0.05) is 0 Å². The number of rotatable bonds is 2. The van der Waals surface area contributed by atoms with E-state index in [0.29, 0.717) is 0 Å². The summed E-state index contributed by atoms with van der Waals surface area (Å²) in [4.78, 5) is 0. The largest absolute Gasteiger partial charge is 0.411 e. The third-order valence-electron chi connectivity index (χ3n) is 0.517. The Bertz CT molecular complexity index is 92.5. The first-order valence-electron chi connectivity index (χ1n) is 1.77. The Kier molecular flexibility index (Phi) is 2.98. The lowest BCUT2D eigenvalue weighted by atomic mass is 10.4. The molecule has 0 saturated carbocycles. The second kappa shape index (κ2) is 3.29. The summed E-state index contributed by atoms with van der Waals surface area (Å²) < 4.78 is 33.5. The van der Waals surface area contributed by atoms with Crippen molar-refractivity contribution in [3.8, 4) is 0 Å². The Morgan fingerprint density at radius 3 is 2.12 bits per heavy atom. The van der Waals surface area contributed by atoms with Crippen molar-refractivity contribution >= 4 is 5.71 Å². The van der Waals surface area contributed by atoms with Crippen LogP contribution in [0.1, 0.15) is 0 Å². The lowest BCUT2D eigenvalue weighted by Gasteiger charge is -1.92. The van der Waals surface area contributed by atoms with Crippen molar-refractivity contribution in [2.24, 2.45) is 5.16 Å². The highest BCUT2D eigenvalue weighted by Crippen LogP contribution is 1.95. The third kappa shape index (κ3) is 1.81. The summed E-state index contributed by atoms with van der Waals surface area (Å²) in [5.41, 5.74) is -1.13. The van der Waals surface area contributed by atoms with Gasteiger partial charge in [-0.3, -0.25) is 0 Å². The first-order valence-corrected chi connectivity index (χ1v) is 1.77. The van der Waals surface area contributed by atoms with E-state index in [1.165, 1.54) is 0 Å². The molecule has 0 aromatic rings. The molecule has 2 nitrogen and oxygen atoms in total. The summed E-state index contributed by atoms with van der Waals surface area (Å²) >= 11 is 0. The second-order valence-corrected chi connectivity index (χ2v) is 1.03. The summed E-state index contributed by atoms with van der Waals surface area (Å²) in [5.74, 6) is 0. The van der Waals surface area contributed by atoms with Crippen LogP contribution in [0.4, 0.5) is 13.2 Å². The number of oxime groups is 1. The molecule has 0 aliphatic rings. The lowest BCUT2D eigenvalue weighted by molar-refractivity contribution is 0.208. The summed E-state index contributed by atoms with van der Waals surface area (Å²) in [6.07, 6.45) is -3.00. The van der Waals surface area contributed by atoms with Crippen LogP contribution in [0.5, 0.6) is 0 Å². The molecule has 48 valence electrons. The molecule has 5 heteroatoms. The molecule has 0 atom stereocenters. The van der Waals surface area contributed by atoms with E-state index in [-0.39, 0.29) is 0 Å². The van der Waals surface area contributed by atoms with Crippen molar-refractivity contribution in [2.75, 3.05) is 6.67 Å². The Balaban J connectivity index is 3.72. The van der Waals surface area contributed by atoms with Gasteiger partial charge in [0.25, 0.3) is 6.43 Å². The highest BCUT2D eigenvalue weighted by molar-refractivity contribution is 5.87. The molecule has 0 heterocycles. The fourth-order valence-electron chi connectivity index (χ4n) is 0.129. The maximum atomic E-state index is 11.2. The second-order valence-electron chi connectivity index (χ2n) is 1.03. The number of hydrogen-bond donors (Lipinski definition) is 1. The Morgan fingerprint density at radius 1 is 1.62 bits per heavy atom. The van der Waals surface area contributed by atoms with Crippen LogP contribution in [0.25, 0.3) is 0 Å². The van der Waals surface area contributed by atoms with E-state index < -0.39 is 18.8 Å². The maximum Gasteiger partial charge on any atom is 0.282 e. The van der Waals surface area contributed by atoms with Gasteiger partial charge in [-0.25, -0.2) is 13.2 Å². The zero-order valence-electron chi connectivity index (χ0n) is 3.81. The maximum absolute atomic E-state index is 11.2. The van der Waals surface area contributed by atoms with Gasteiger partial charge < -0.3 is 5.21 Å². The van der Waals surface area contributed by atoms with Gasteiger partial charge in [-0.1, -0.05) is 5.16 Å². The summed E-state index contributed by atoms with van der Waals surface area (Å²) in [7, 11) is 0. The van der Waals surface area contributed by atoms with Crippen LogP contribution < -0.4 is 0 Å². The van der Waals surface area contributed by atoms with E-state index in [4.69, 9.17) is 5.21 Å². The molecular formula is C3H4F3NO. The molecule has 0 amide bonds. The van der Waals surface area contributed by atoms with E-state index in [0.717, 1.165) is 0 Å². The van der Waals surface area contributed by atoms with Crippen LogP contribution in [0.3, 0.4) is 0 Å². The zero-order valence-corrected chi connectivity index (χ0v) is 3.81. The number of halogens is 3. The minimum atomic E-state index is -3.00. The molecule has 0 aliphatic heterocycles. The quantitative estimate of drug-likeness (QED) is 0.335. The van der Waals surface area contributed by atoms with Gasteiger partial charge in [0.15, 0.2) is 5.71 Å². The first-order chi connectivity index (χ1) is 3.72. The number of nitrogens with zero attached hydrogens (tertiary/aromatic N) is 1. The molecule has 0 spiro atoms. The monoisotopic (exact) mass is 127 g/mol. The van der Waals surface area contributed by atoms with Gasteiger partial charge in [-0.2, -0.15) is 0 Å². The SMILES string of the molecule is ON=C(CF)C(F)F. The summed E-state index contributed by atoms with van der Waals surface area (Å²) in [6.45, 7) is -1.41. The lowest BCUT2D eigenvalue weighted by Crippen LogP contribution is -2.11. The normalized spacial score (nSPS) is 12.8. The minimum absolute atomic E-state index is 1.13. The predicted octanol–water partition coefficient (Wildman–Crippen LogP) is 1.05. The summed E-state index contributed by atoms with van der Waals surface area (Å²) in [5, 5.41) is 9.56. The van der Waals surface area contributed by atoms with Crippen LogP contribution in [0, 0.1) is 0 Å². The average Bonchev–Trinajstić information content (AvgIpc) is 1.69. The molecule has 0 bridgehead atoms. The van der Waals surface area contributed by atoms with Crippen LogP contribution in [0.15, 0.2) is 5.16 Å². The van der Waals surface area contributed by atoms with Crippen molar-refractivity contribution < 1.29 is 18.4 Å². The molecule has 0 saturated heterocycles. The van der Waals surface area contributed by atoms with E-state index in [1.54, 1.807) is 0 Å². The van der Waals surface area contributed by atoms with Gasteiger partial charge in [0.2, 0.25) is 0 Å². The average molecular weight is 127 g/mol. The Labute approximate surface area is 43.6 Å². The van der Waals surface area contributed by atoms with E-state index >= 15 is 0 Å². The Morgan fingerprint density at radius 2 is 2.12 bits per heavy atom. The van der Waals surface area contributed by atoms with Crippen LogP contribution >= 0.6 is 0 Å². The molecule has 0 radical (unpaired) electrons. The van der Waals surface area contributed by atoms with Gasteiger partial charge in [0.05, 0.1) is 0 Å². The van der Waals surface area contributed by atoms with Crippen LogP contribution in [-0.4, -0.2) is 24.0 Å². The highest BCUT2D eigenvalue weighted by atomic mass is 19.3. The standard InChI is InChI=1S/C3H4F3NO/c4-1-2(7-8)3(5)6/h3,8H,1H2. The fourth-order valence-corrected chi connectivity index (χ4v) is 0.129. The minimum Gasteiger partial charge on any atom is -0.411 e. The molecular weight excluding hydrogens is 123 g/mol. The van der Waals surface area contributed by atoms with E-state index in [2.05, 4.69) is 0 Å². The van der Waals surface area contributed by atoms with E-state index in [1.807, 2.05) is 5.16 Å². The van der Waals surface area contributed by atoms with Crippen LogP contribution in [-0.2, 0) is 0 Å². The van der Waals surface area contributed by atoms with Gasteiger partial charge in [0.1, 0.15) is 6.67 Å².